The summed E-state index contributed by atoms with van der Waals surface area (Å²) in [6.07, 6.45) is 4.98. The Kier molecular flexibility index (Phi) is 4.25. The summed E-state index contributed by atoms with van der Waals surface area (Å²) < 4.78 is 11.7. The Morgan fingerprint density at radius 3 is 1.81 bits per heavy atom. The van der Waals surface area contributed by atoms with Crippen molar-refractivity contribution < 1.29 is 9.15 Å². The number of aryl methyl sites for hydroxylation is 2. The molecule has 2 heteroatoms. The molecule has 2 aliphatic carbocycles. The first-order valence-corrected chi connectivity index (χ1v) is 13.0. The van der Waals surface area contributed by atoms with Gasteiger partial charge in [0.05, 0.1) is 12.9 Å². The topological polar surface area (TPSA) is 22.4 Å². The molecular weight excluding hydrogens is 440 g/mol. The average Bonchev–Trinajstić information content (AvgIpc) is 3.62. The highest BCUT2D eigenvalue weighted by molar-refractivity contribution is 5.93. The molecule has 3 aliphatic rings. The van der Waals surface area contributed by atoms with E-state index in [0.29, 0.717) is 0 Å². The van der Waals surface area contributed by atoms with E-state index < -0.39 is 0 Å². The van der Waals surface area contributed by atoms with Gasteiger partial charge < -0.3 is 9.15 Å². The second kappa shape index (κ2) is 7.03. The Balaban J connectivity index is 1.45. The molecule has 0 saturated heterocycles. The van der Waals surface area contributed by atoms with Crippen LogP contribution in [-0.4, -0.2) is 6.61 Å². The number of hydrogen-bond acceptors (Lipinski definition) is 2. The second-order valence-corrected chi connectivity index (χ2v) is 11.8. The van der Waals surface area contributed by atoms with Gasteiger partial charge in [0, 0.05) is 28.4 Å². The van der Waals surface area contributed by atoms with E-state index in [1.807, 2.05) is 12.1 Å². The molecule has 0 bridgehead atoms. The quantitative estimate of drug-likeness (QED) is 0.290. The average molecular weight is 473 g/mol. The molecule has 1 aliphatic heterocycles. The molecule has 4 aromatic rings. The smallest absolute Gasteiger partial charge is 0.133 e. The molecule has 7 rings (SSSR count). The van der Waals surface area contributed by atoms with Crippen LogP contribution in [0.4, 0.5) is 0 Å². The molecule has 0 N–H and O–H groups in total. The Morgan fingerprint density at radius 1 is 0.694 bits per heavy atom. The van der Waals surface area contributed by atoms with Gasteiger partial charge >= 0.3 is 0 Å². The Morgan fingerprint density at radius 2 is 1.28 bits per heavy atom. The third-order valence-electron chi connectivity index (χ3n) is 8.86. The predicted octanol–water partition coefficient (Wildman–Crippen LogP) is 8.94. The number of benzene rings is 3. The Hall–Kier alpha value is -3.52. The summed E-state index contributed by atoms with van der Waals surface area (Å²) in [6, 6.07) is 18.3. The van der Waals surface area contributed by atoms with Gasteiger partial charge in [-0.1, -0.05) is 27.7 Å². The van der Waals surface area contributed by atoms with Gasteiger partial charge in [0.25, 0.3) is 0 Å². The van der Waals surface area contributed by atoms with Gasteiger partial charge in [-0.05, 0) is 124 Å². The molecule has 0 spiro atoms. The lowest BCUT2D eigenvalue weighted by atomic mass is 9.79. The highest BCUT2D eigenvalue weighted by Gasteiger charge is 2.43. The van der Waals surface area contributed by atoms with Gasteiger partial charge in [0.1, 0.15) is 11.5 Å². The molecule has 0 saturated carbocycles. The maximum atomic E-state index is 5.93. The van der Waals surface area contributed by atoms with E-state index in [-0.39, 0.29) is 10.8 Å². The molecule has 2 heterocycles. The largest absolute Gasteiger partial charge is 0.493 e. The van der Waals surface area contributed by atoms with Crippen molar-refractivity contribution in [1.29, 1.82) is 0 Å². The van der Waals surface area contributed by atoms with E-state index in [0.717, 1.165) is 30.1 Å². The van der Waals surface area contributed by atoms with Gasteiger partial charge in [-0.25, -0.2) is 0 Å². The van der Waals surface area contributed by atoms with Crippen LogP contribution in [0.5, 0.6) is 0 Å². The summed E-state index contributed by atoms with van der Waals surface area (Å²) in [7, 11) is 0. The van der Waals surface area contributed by atoms with E-state index >= 15 is 0 Å². The zero-order valence-corrected chi connectivity index (χ0v) is 22.0. The lowest BCUT2D eigenvalue weighted by Gasteiger charge is -2.24. The summed E-state index contributed by atoms with van der Waals surface area (Å²) in [4.78, 5) is 0. The van der Waals surface area contributed by atoms with E-state index in [1.54, 1.807) is 6.26 Å². The van der Waals surface area contributed by atoms with Gasteiger partial charge in [0.2, 0.25) is 0 Å². The molecule has 1 aromatic heterocycles. The fourth-order valence-corrected chi connectivity index (χ4v) is 6.96. The fourth-order valence-electron chi connectivity index (χ4n) is 6.96. The minimum absolute atomic E-state index is 0.0749. The van der Waals surface area contributed by atoms with Gasteiger partial charge in [0.15, 0.2) is 0 Å². The SMILES string of the molecule is Cc1cc(C2=CCCO2)cc2c1-c1cc3c(cc1C2(C)C)-c1c(C)cc(-c2ccco2)cc1C3(C)C. The molecule has 0 atom stereocenters. The van der Waals surface area contributed by atoms with Crippen molar-refractivity contribution in [2.45, 2.75) is 58.8 Å². The number of furan rings is 1. The molecule has 0 fully saturated rings. The monoisotopic (exact) mass is 472 g/mol. The zero-order valence-electron chi connectivity index (χ0n) is 22.0. The molecule has 2 nitrogen and oxygen atoms in total. The first kappa shape index (κ1) is 21.7. The van der Waals surface area contributed by atoms with E-state index in [9.17, 15) is 0 Å². The van der Waals surface area contributed by atoms with E-state index in [1.165, 1.54) is 61.2 Å². The van der Waals surface area contributed by atoms with Gasteiger partial charge in [-0.3, -0.25) is 0 Å². The first-order chi connectivity index (χ1) is 17.2. The number of rotatable bonds is 2. The molecule has 36 heavy (non-hydrogen) atoms. The van der Waals surface area contributed by atoms with Gasteiger partial charge in [-0.15, -0.1) is 0 Å². The molecular formula is C34H32O2. The van der Waals surface area contributed by atoms with Crippen molar-refractivity contribution in [3.63, 3.8) is 0 Å². The van der Waals surface area contributed by atoms with Crippen molar-refractivity contribution in [2.24, 2.45) is 0 Å². The van der Waals surface area contributed by atoms with E-state index in [2.05, 4.69) is 84.0 Å². The number of hydrogen-bond donors (Lipinski definition) is 0. The summed E-state index contributed by atoms with van der Waals surface area (Å²) >= 11 is 0. The summed E-state index contributed by atoms with van der Waals surface area (Å²) in [5.41, 5.74) is 16.1. The molecule has 0 radical (unpaired) electrons. The lowest BCUT2D eigenvalue weighted by Crippen LogP contribution is -2.17. The minimum atomic E-state index is -0.0870. The molecule has 0 amide bonds. The standard InChI is InChI=1S/C34H32O2/c1-19-13-21(29-9-7-11-35-29)15-27-31(19)23-17-26-24(18-25(23)33(27,3)4)32-20(2)14-22(30-10-8-12-36-30)16-28(32)34(26,5)6/h7,9-11,13-18H,8,12H2,1-6H3. The summed E-state index contributed by atoms with van der Waals surface area (Å²) in [5.74, 6) is 1.96. The van der Waals surface area contributed by atoms with Crippen molar-refractivity contribution in [3.05, 3.63) is 99.8 Å². The molecule has 0 unspecified atom stereocenters. The van der Waals surface area contributed by atoms with Crippen molar-refractivity contribution in [2.75, 3.05) is 6.61 Å². The number of fused-ring (bicyclic) bond motifs is 6. The van der Waals surface area contributed by atoms with Crippen LogP contribution in [0, 0.1) is 13.8 Å². The zero-order chi connectivity index (χ0) is 25.0. The predicted molar refractivity (Wildman–Crippen MR) is 147 cm³/mol. The minimum Gasteiger partial charge on any atom is -0.493 e. The van der Waals surface area contributed by atoms with Crippen molar-refractivity contribution in [1.82, 2.24) is 0 Å². The third-order valence-corrected chi connectivity index (χ3v) is 8.86. The lowest BCUT2D eigenvalue weighted by molar-refractivity contribution is 0.307. The summed E-state index contributed by atoms with van der Waals surface area (Å²) in [6.45, 7) is 14.8. The normalized spacial score (nSPS) is 17.8. The maximum Gasteiger partial charge on any atom is 0.133 e. The van der Waals surface area contributed by atoms with Crippen LogP contribution >= 0.6 is 0 Å². The van der Waals surface area contributed by atoms with Crippen molar-refractivity contribution in [3.8, 4) is 33.6 Å². The van der Waals surface area contributed by atoms with Crippen molar-refractivity contribution >= 4 is 5.76 Å². The Labute approximate surface area is 213 Å². The van der Waals surface area contributed by atoms with Crippen LogP contribution in [0.25, 0.3) is 39.3 Å². The molecule has 180 valence electrons. The van der Waals surface area contributed by atoms with Crippen LogP contribution in [0.15, 0.2) is 65.3 Å². The first-order valence-electron chi connectivity index (χ1n) is 13.0. The van der Waals surface area contributed by atoms with Crippen LogP contribution in [-0.2, 0) is 15.6 Å². The molecule has 3 aromatic carbocycles. The highest BCUT2D eigenvalue weighted by atomic mass is 16.5. The van der Waals surface area contributed by atoms with Crippen LogP contribution in [0.2, 0.25) is 0 Å². The van der Waals surface area contributed by atoms with E-state index in [4.69, 9.17) is 9.15 Å². The maximum absolute atomic E-state index is 5.93. The number of ether oxygens (including phenoxy) is 1. The third kappa shape index (κ3) is 2.73. The van der Waals surface area contributed by atoms with Gasteiger partial charge in [-0.2, -0.15) is 0 Å². The highest BCUT2D eigenvalue weighted by Crippen LogP contribution is 2.58. The van der Waals surface area contributed by atoms with Crippen LogP contribution in [0.3, 0.4) is 0 Å². The Bertz CT molecular complexity index is 1610. The fraction of sp³-hybridized carbons (Fsp3) is 0.294. The second-order valence-electron chi connectivity index (χ2n) is 11.8. The summed E-state index contributed by atoms with van der Waals surface area (Å²) in [5, 5.41) is 0. The van der Waals surface area contributed by atoms with Crippen LogP contribution < -0.4 is 0 Å². The van der Waals surface area contributed by atoms with Crippen LogP contribution in [0.1, 0.15) is 73.1 Å².